The van der Waals surface area contributed by atoms with Crippen molar-refractivity contribution < 1.29 is 17.9 Å². The van der Waals surface area contributed by atoms with E-state index in [2.05, 4.69) is 4.74 Å². The summed E-state index contributed by atoms with van der Waals surface area (Å²) < 4.78 is 41.1. The molecule has 0 aliphatic rings. The van der Waals surface area contributed by atoms with E-state index in [1.54, 1.807) is 0 Å². The first kappa shape index (κ1) is 11.9. The molecule has 84 valence electrons. The van der Waals surface area contributed by atoms with Crippen LogP contribution in [0.5, 0.6) is 5.75 Å². The average molecular weight is 218 g/mol. The Morgan fingerprint density at radius 3 is 2.20 bits per heavy atom. The quantitative estimate of drug-likeness (QED) is 0.735. The van der Waals surface area contributed by atoms with Gasteiger partial charge in [0, 0.05) is 6.07 Å². The molecule has 0 aliphatic carbocycles. The monoisotopic (exact) mass is 218 g/mol. The minimum absolute atomic E-state index is 0.144. The molecule has 4 heteroatoms. The molecule has 0 aliphatic heterocycles. The molecule has 0 amide bonds. The molecule has 1 aromatic rings. The predicted molar refractivity (Wildman–Crippen MR) is 51.7 cm³/mol. The van der Waals surface area contributed by atoms with Crippen LogP contribution in [0.1, 0.15) is 26.3 Å². The predicted octanol–water partition coefficient (Wildman–Crippen LogP) is 3.72. The summed E-state index contributed by atoms with van der Waals surface area (Å²) in [6, 6.07) is 3.69. The fraction of sp³-hybridized carbons (Fsp3) is 0.455. The van der Waals surface area contributed by atoms with Crippen LogP contribution < -0.4 is 4.74 Å². The van der Waals surface area contributed by atoms with Gasteiger partial charge in [0.1, 0.15) is 11.6 Å². The highest BCUT2D eigenvalue weighted by atomic mass is 19.3. The van der Waals surface area contributed by atoms with Crippen LogP contribution in [0.2, 0.25) is 0 Å². The van der Waals surface area contributed by atoms with E-state index in [0.717, 1.165) is 6.07 Å². The highest BCUT2D eigenvalue weighted by Gasteiger charge is 2.16. The van der Waals surface area contributed by atoms with Crippen molar-refractivity contribution in [1.82, 2.24) is 0 Å². The number of rotatable bonds is 2. The molecule has 1 rings (SSSR count). The lowest BCUT2D eigenvalue weighted by atomic mass is 9.87. The molecule has 0 saturated heterocycles. The molecule has 0 aromatic heterocycles. The summed E-state index contributed by atoms with van der Waals surface area (Å²) in [5.41, 5.74) is 0.320. The molecule has 0 fully saturated rings. The summed E-state index contributed by atoms with van der Waals surface area (Å²) in [4.78, 5) is 0. The number of ether oxygens (including phenoxy) is 1. The molecular formula is C11H13F3O. The summed E-state index contributed by atoms with van der Waals surface area (Å²) in [5.74, 6) is -0.715. The van der Waals surface area contributed by atoms with Crippen LogP contribution in [0.25, 0.3) is 0 Å². The smallest absolute Gasteiger partial charge is 0.387 e. The first-order valence-electron chi connectivity index (χ1n) is 4.55. The lowest BCUT2D eigenvalue weighted by molar-refractivity contribution is -0.0500. The van der Waals surface area contributed by atoms with Crippen LogP contribution in [-0.2, 0) is 5.41 Å². The van der Waals surface area contributed by atoms with Gasteiger partial charge in [0.15, 0.2) is 0 Å². The maximum Gasteiger partial charge on any atom is 0.387 e. The molecule has 0 bridgehead atoms. The van der Waals surface area contributed by atoms with Crippen LogP contribution in [0.3, 0.4) is 0 Å². The lowest BCUT2D eigenvalue weighted by Gasteiger charge is -2.20. The molecule has 1 nitrogen and oxygen atoms in total. The second-order valence-electron chi connectivity index (χ2n) is 4.30. The van der Waals surface area contributed by atoms with Gasteiger partial charge in [0.05, 0.1) is 0 Å². The van der Waals surface area contributed by atoms with Crippen LogP contribution in [-0.4, -0.2) is 6.61 Å². The van der Waals surface area contributed by atoms with Gasteiger partial charge >= 0.3 is 6.61 Å². The van der Waals surface area contributed by atoms with E-state index in [0.29, 0.717) is 5.56 Å². The van der Waals surface area contributed by atoms with E-state index in [1.165, 1.54) is 12.1 Å². The molecule has 0 heterocycles. The first-order chi connectivity index (χ1) is 6.79. The average Bonchev–Trinajstić information content (AvgIpc) is 1.99. The summed E-state index contributed by atoms with van der Waals surface area (Å²) >= 11 is 0. The molecular weight excluding hydrogens is 205 g/mol. The van der Waals surface area contributed by atoms with E-state index in [-0.39, 0.29) is 11.2 Å². The van der Waals surface area contributed by atoms with E-state index in [4.69, 9.17) is 0 Å². The maximum absolute atomic E-state index is 13.1. The molecule has 1 aromatic carbocycles. The van der Waals surface area contributed by atoms with Gasteiger partial charge in [-0.3, -0.25) is 0 Å². The van der Waals surface area contributed by atoms with Crippen LogP contribution in [0.4, 0.5) is 13.2 Å². The van der Waals surface area contributed by atoms with Crippen LogP contribution >= 0.6 is 0 Å². The standard InChI is InChI=1S/C11H13F3O/c1-11(2,3)7-4-8(12)6-9(5-7)15-10(13)14/h4-6,10H,1-3H3. The largest absolute Gasteiger partial charge is 0.435 e. The minimum Gasteiger partial charge on any atom is -0.435 e. The van der Waals surface area contributed by atoms with Gasteiger partial charge in [0.2, 0.25) is 0 Å². The number of halogens is 3. The van der Waals surface area contributed by atoms with Gasteiger partial charge in [-0.2, -0.15) is 8.78 Å². The number of benzene rings is 1. The van der Waals surface area contributed by atoms with E-state index in [1.807, 2.05) is 20.8 Å². The zero-order chi connectivity index (χ0) is 11.6. The van der Waals surface area contributed by atoms with Gasteiger partial charge < -0.3 is 4.74 Å². The highest BCUT2D eigenvalue weighted by Crippen LogP contribution is 2.27. The second-order valence-corrected chi connectivity index (χ2v) is 4.30. The van der Waals surface area contributed by atoms with E-state index in [9.17, 15) is 13.2 Å². The van der Waals surface area contributed by atoms with Crippen LogP contribution in [0, 0.1) is 5.82 Å². The zero-order valence-electron chi connectivity index (χ0n) is 8.85. The fourth-order valence-electron chi connectivity index (χ4n) is 1.17. The van der Waals surface area contributed by atoms with Crippen molar-refractivity contribution in [3.8, 4) is 5.75 Å². The molecule has 0 radical (unpaired) electrons. The Morgan fingerprint density at radius 1 is 1.13 bits per heavy atom. The van der Waals surface area contributed by atoms with E-state index >= 15 is 0 Å². The Hall–Kier alpha value is -1.19. The third-order valence-electron chi connectivity index (χ3n) is 1.96. The normalized spacial score (nSPS) is 11.9. The summed E-state index contributed by atoms with van der Waals surface area (Å²) in [5, 5.41) is 0. The van der Waals surface area contributed by atoms with Crippen molar-refractivity contribution in [2.75, 3.05) is 0 Å². The highest BCUT2D eigenvalue weighted by molar-refractivity contribution is 5.33. The van der Waals surface area contributed by atoms with Crippen molar-refractivity contribution in [2.24, 2.45) is 0 Å². The number of hydrogen-bond acceptors (Lipinski definition) is 1. The van der Waals surface area contributed by atoms with Gasteiger partial charge in [-0.05, 0) is 23.1 Å². The maximum atomic E-state index is 13.1. The first-order valence-corrected chi connectivity index (χ1v) is 4.55. The molecule has 0 spiro atoms. The van der Waals surface area contributed by atoms with Gasteiger partial charge in [0.25, 0.3) is 0 Å². The summed E-state index contributed by atoms with van der Waals surface area (Å²) in [6.07, 6.45) is 0. The van der Waals surface area contributed by atoms with Crippen molar-refractivity contribution in [3.63, 3.8) is 0 Å². The van der Waals surface area contributed by atoms with Crippen molar-refractivity contribution in [3.05, 3.63) is 29.6 Å². The zero-order valence-corrected chi connectivity index (χ0v) is 8.85. The Kier molecular flexibility index (Phi) is 3.27. The topological polar surface area (TPSA) is 9.23 Å². The number of hydrogen-bond donors (Lipinski definition) is 0. The summed E-state index contributed by atoms with van der Waals surface area (Å²) in [7, 11) is 0. The Balaban J connectivity index is 3.06. The van der Waals surface area contributed by atoms with Gasteiger partial charge in [-0.15, -0.1) is 0 Å². The SMILES string of the molecule is CC(C)(C)c1cc(F)cc(OC(F)F)c1. The fourth-order valence-corrected chi connectivity index (χ4v) is 1.17. The Labute approximate surface area is 86.9 Å². The van der Waals surface area contributed by atoms with Crippen molar-refractivity contribution in [2.45, 2.75) is 32.8 Å². The molecule has 0 unspecified atom stereocenters. The third-order valence-corrected chi connectivity index (χ3v) is 1.96. The van der Waals surface area contributed by atoms with Crippen LogP contribution in [0.15, 0.2) is 18.2 Å². The molecule has 0 atom stereocenters. The lowest BCUT2D eigenvalue weighted by Crippen LogP contribution is -2.12. The molecule has 0 N–H and O–H groups in total. The Bertz CT molecular complexity index is 342. The molecule has 0 saturated carbocycles. The van der Waals surface area contributed by atoms with E-state index < -0.39 is 12.4 Å². The number of alkyl halides is 2. The van der Waals surface area contributed by atoms with Crippen molar-refractivity contribution in [1.29, 1.82) is 0 Å². The van der Waals surface area contributed by atoms with Gasteiger partial charge in [-0.25, -0.2) is 4.39 Å². The third kappa shape index (κ3) is 3.46. The Morgan fingerprint density at radius 2 is 1.73 bits per heavy atom. The van der Waals surface area contributed by atoms with Crippen molar-refractivity contribution >= 4 is 0 Å². The second kappa shape index (κ2) is 4.13. The minimum atomic E-state index is -2.93. The summed E-state index contributed by atoms with van der Waals surface area (Å²) in [6.45, 7) is 2.68. The molecule has 15 heavy (non-hydrogen) atoms. The van der Waals surface area contributed by atoms with Gasteiger partial charge in [-0.1, -0.05) is 20.8 Å².